The van der Waals surface area contributed by atoms with Crippen LogP contribution in [0.15, 0.2) is 30.9 Å². The Labute approximate surface area is 280 Å². The van der Waals surface area contributed by atoms with Gasteiger partial charge in [-0.25, -0.2) is 9.78 Å². The summed E-state index contributed by atoms with van der Waals surface area (Å²) < 4.78 is 0. The monoisotopic (exact) mass is 651 g/mol. The summed E-state index contributed by atoms with van der Waals surface area (Å²) in [4.78, 5) is 55.3. The molecular weight excluding hydrogens is 606 g/mol. The van der Waals surface area contributed by atoms with Gasteiger partial charge in [0.05, 0.1) is 34.6 Å². The van der Waals surface area contributed by atoms with Gasteiger partial charge in [0.2, 0.25) is 5.91 Å². The van der Waals surface area contributed by atoms with Crippen LogP contribution < -0.4 is 5.32 Å². The van der Waals surface area contributed by atoms with Crippen molar-refractivity contribution in [3.05, 3.63) is 81.4 Å². The molecule has 5 rings (SSSR count). The molecule has 1 amide bonds. The van der Waals surface area contributed by atoms with Gasteiger partial charge in [-0.1, -0.05) is 39.8 Å². The number of carboxylic acids is 2. The van der Waals surface area contributed by atoms with Crippen molar-refractivity contribution < 1.29 is 24.6 Å². The number of hydrogen-bond acceptors (Lipinski definition) is 5. The normalized spacial score (nSPS) is 15.9. The number of hydrogen-bond donors (Lipinski definition) is 5. The van der Waals surface area contributed by atoms with E-state index in [1.54, 1.807) is 13.0 Å². The maximum atomic E-state index is 13.5. The lowest BCUT2D eigenvalue weighted by Gasteiger charge is -2.17. The molecule has 0 spiro atoms. The fourth-order valence-corrected chi connectivity index (χ4v) is 7.01. The zero-order valence-electron chi connectivity index (χ0n) is 28.6. The number of carbonyl (C=O) groups excluding carboxylic acids is 1. The Balaban J connectivity index is 1.98. The summed E-state index contributed by atoms with van der Waals surface area (Å²) in [7, 11) is 0. The first-order valence-corrected chi connectivity index (χ1v) is 16.7. The van der Waals surface area contributed by atoms with E-state index in [9.17, 15) is 24.6 Å². The van der Waals surface area contributed by atoms with Crippen LogP contribution in [-0.2, 0) is 22.4 Å². The van der Waals surface area contributed by atoms with Crippen LogP contribution in [0.25, 0.3) is 33.2 Å². The number of amides is 1. The second kappa shape index (κ2) is 14.0. The van der Waals surface area contributed by atoms with Crippen molar-refractivity contribution in [2.45, 2.75) is 91.9 Å². The number of aromatic amines is 2. The highest BCUT2D eigenvalue weighted by molar-refractivity contribution is 6.03. The molecule has 5 N–H and O–H groups in total. The first kappa shape index (κ1) is 34.3. The predicted octanol–water partition coefficient (Wildman–Crippen LogP) is 7.52. The van der Waals surface area contributed by atoms with Gasteiger partial charge in [-0.2, -0.15) is 0 Å². The number of unbranched alkanes of at least 4 members (excludes halogenated alkanes) is 1. The molecule has 0 saturated carbocycles. The molecule has 252 valence electrons. The Morgan fingerprint density at radius 3 is 2.33 bits per heavy atom. The highest BCUT2D eigenvalue weighted by atomic mass is 16.4. The summed E-state index contributed by atoms with van der Waals surface area (Å²) in [5.41, 5.74) is 10.4. The van der Waals surface area contributed by atoms with Crippen LogP contribution in [0.2, 0.25) is 0 Å². The minimum Gasteiger partial charge on any atom is -0.481 e. The fraction of sp³-hybridized carbons (Fsp3) is 0.395. The Bertz CT molecular complexity index is 2010. The van der Waals surface area contributed by atoms with E-state index in [0.29, 0.717) is 40.1 Å². The molecule has 0 aromatic carbocycles. The third kappa shape index (κ3) is 6.43. The number of fused-ring (bicyclic) bond motifs is 8. The van der Waals surface area contributed by atoms with Gasteiger partial charge in [0.25, 0.3) is 0 Å². The number of nitrogens with one attached hydrogen (secondary N) is 3. The number of carboxylic acid groups (broad SMARTS) is 2. The molecule has 0 radical (unpaired) electrons. The summed E-state index contributed by atoms with van der Waals surface area (Å²) in [6, 6.07) is 5.87. The second-order valence-corrected chi connectivity index (χ2v) is 12.8. The van der Waals surface area contributed by atoms with E-state index in [0.717, 1.165) is 64.0 Å². The molecule has 3 aromatic rings. The fourth-order valence-electron chi connectivity index (χ4n) is 7.01. The third-order valence-electron chi connectivity index (χ3n) is 9.81. The zero-order chi connectivity index (χ0) is 34.9. The molecule has 0 unspecified atom stereocenters. The lowest BCUT2D eigenvalue weighted by Crippen LogP contribution is -2.26. The van der Waals surface area contributed by atoms with Crippen LogP contribution in [-0.4, -0.2) is 54.5 Å². The van der Waals surface area contributed by atoms with Crippen LogP contribution >= 0.6 is 0 Å². The van der Waals surface area contributed by atoms with Crippen LogP contribution in [0.4, 0.5) is 0 Å². The van der Waals surface area contributed by atoms with Crippen molar-refractivity contribution in [1.82, 2.24) is 25.3 Å². The van der Waals surface area contributed by atoms with Gasteiger partial charge in [-0.3, -0.25) is 14.6 Å². The molecular formula is C38H45N5O5. The molecule has 0 fully saturated rings. The van der Waals surface area contributed by atoms with E-state index >= 15 is 0 Å². The molecule has 8 bridgehead atoms. The van der Waals surface area contributed by atoms with E-state index in [1.807, 2.05) is 39.0 Å². The Hall–Kier alpha value is -4.99. The quantitative estimate of drug-likeness (QED) is 0.134. The van der Waals surface area contributed by atoms with Gasteiger partial charge in [-0.15, -0.1) is 0 Å². The topological polar surface area (TPSA) is 161 Å². The van der Waals surface area contributed by atoms with Crippen molar-refractivity contribution in [1.29, 1.82) is 0 Å². The Morgan fingerprint density at radius 2 is 1.69 bits per heavy atom. The number of H-pyrrole nitrogens is 2. The van der Waals surface area contributed by atoms with Crippen LogP contribution in [0.3, 0.4) is 0 Å². The first-order chi connectivity index (χ1) is 22.9. The third-order valence-corrected chi connectivity index (χ3v) is 9.81. The van der Waals surface area contributed by atoms with E-state index in [1.165, 1.54) is 0 Å². The minimum atomic E-state index is -1.13. The molecule has 48 heavy (non-hydrogen) atoms. The summed E-state index contributed by atoms with van der Waals surface area (Å²) in [6.45, 7) is 16.5. The van der Waals surface area contributed by atoms with E-state index < -0.39 is 11.9 Å². The van der Waals surface area contributed by atoms with Crippen molar-refractivity contribution in [2.75, 3.05) is 6.54 Å². The van der Waals surface area contributed by atoms with Crippen molar-refractivity contribution >= 4 is 51.1 Å². The highest BCUT2D eigenvalue weighted by Gasteiger charge is 2.34. The smallest absolute Gasteiger partial charge is 0.338 e. The SMILES string of the molecule is C=CC1=C(C)c2cc3nc(c(CC(=O)NCCCC)c4[nH]c(cc5[nH]c(cc1n2)c(C)c5CC)c(C)c4C(=O)O)[C@@H](CCC(=O)O)[C@@H]3C. The Morgan fingerprint density at radius 1 is 0.958 bits per heavy atom. The van der Waals surface area contributed by atoms with Gasteiger partial charge in [0.15, 0.2) is 0 Å². The maximum Gasteiger partial charge on any atom is 0.338 e. The average Bonchev–Trinajstić information content (AvgIpc) is 3.71. The molecule has 0 saturated heterocycles. The molecule has 5 heterocycles. The number of aromatic nitrogens is 4. The lowest BCUT2D eigenvalue weighted by molar-refractivity contribution is -0.137. The number of carbonyl (C=O) groups is 3. The van der Waals surface area contributed by atoms with Gasteiger partial charge in [0, 0.05) is 58.2 Å². The Kier molecular flexibility index (Phi) is 10.0. The summed E-state index contributed by atoms with van der Waals surface area (Å²) in [5, 5.41) is 23.2. The molecule has 10 heteroatoms. The average molecular weight is 652 g/mol. The van der Waals surface area contributed by atoms with Crippen LogP contribution in [0, 0.1) is 13.8 Å². The van der Waals surface area contributed by atoms with Crippen LogP contribution in [0.1, 0.15) is 121 Å². The van der Waals surface area contributed by atoms with Crippen molar-refractivity contribution in [3.8, 4) is 0 Å². The minimum absolute atomic E-state index is 0.0631. The lowest BCUT2D eigenvalue weighted by atomic mass is 9.85. The predicted molar refractivity (Wildman–Crippen MR) is 189 cm³/mol. The molecule has 2 atom stereocenters. The van der Waals surface area contributed by atoms with Gasteiger partial charge in [-0.05, 0) is 80.5 Å². The molecule has 2 aliphatic rings. The number of allylic oxidation sites excluding steroid dienone is 3. The molecule has 2 aliphatic heterocycles. The summed E-state index contributed by atoms with van der Waals surface area (Å²) in [5.74, 6) is -2.92. The van der Waals surface area contributed by atoms with E-state index in [4.69, 9.17) is 9.97 Å². The number of aliphatic carboxylic acids is 1. The number of aromatic carboxylic acids is 1. The van der Waals surface area contributed by atoms with E-state index in [-0.39, 0.29) is 42.6 Å². The van der Waals surface area contributed by atoms with Crippen LogP contribution in [0.5, 0.6) is 0 Å². The molecule has 10 nitrogen and oxygen atoms in total. The second-order valence-electron chi connectivity index (χ2n) is 12.8. The summed E-state index contributed by atoms with van der Waals surface area (Å²) >= 11 is 0. The number of aryl methyl sites for hydroxylation is 3. The zero-order valence-corrected chi connectivity index (χ0v) is 28.6. The van der Waals surface area contributed by atoms with Gasteiger partial charge in [0.1, 0.15) is 0 Å². The van der Waals surface area contributed by atoms with Crippen molar-refractivity contribution in [3.63, 3.8) is 0 Å². The van der Waals surface area contributed by atoms with Crippen molar-refractivity contribution in [2.24, 2.45) is 0 Å². The molecule has 0 aliphatic carbocycles. The highest BCUT2D eigenvalue weighted by Crippen LogP contribution is 2.43. The number of rotatable bonds is 11. The maximum absolute atomic E-state index is 13.5. The standard InChI is InChI=1S/C38H45N5O5/c1-8-11-14-39-33(44)15-26-36-25(12-13-34(45)46)21(6)29(42-36)16-27-19(4)23(9-2)31(40-27)17-28-20(5)24(10-3)32(41-28)18-30-22(7)35(38(47)48)37(26)43-30/h9,16-18,21,25,41,43H,2,8,10-15H2,1,3-7H3,(H,39,44)(H,45,46)(H,47,48)/t21-,25-/m0/s1. The summed E-state index contributed by atoms with van der Waals surface area (Å²) in [6.07, 6.45) is 4.31. The van der Waals surface area contributed by atoms with E-state index in [2.05, 4.69) is 35.7 Å². The largest absolute Gasteiger partial charge is 0.481 e. The van der Waals surface area contributed by atoms with Gasteiger partial charge < -0.3 is 25.5 Å². The van der Waals surface area contributed by atoms with Gasteiger partial charge >= 0.3 is 11.9 Å². The molecule has 3 aromatic heterocycles. The number of nitrogens with zero attached hydrogens (tertiary/aromatic N) is 2. The first-order valence-electron chi connectivity index (χ1n) is 16.7.